The number of nitrogens with zero attached hydrogens (tertiary/aromatic N) is 2. The molecule has 0 saturated carbocycles. The van der Waals surface area contributed by atoms with E-state index in [9.17, 15) is 0 Å². The number of likely N-dealkylation sites (N-methyl/N-ethyl adjacent to an activating group) is 1. The fourth-order valence-corrected chi connectivity index (χ4v) is 2.95. The lowest BCUT2D eigenvalue weighted by Gasteiger charge is -2.24. The van der Waals surface area contributed by atoms with Gasteiger partial charge in [-0.15, -0.1) is 0 Å². The molecule has 1 aromatic rings. The first-order chi connectivity index (χ1) is 9.61. The summed E-state index contributed by atoms with van der Waals surface area (Å²) in [5, 5.41) is 3.54. The van der Waals surface area contributed by atoms with Crippen molar-refractivity contribution in [2.24, 2.45) is 0 Å². The van der Waals surface area contributed by atoms with Gasteiger partial charge in [-0.3, -0.25) is 0 Å². The van der Waals surface area contributed by atoms with Crippen LogP contribution < -0.4 is 10.2 Å². The third kappa shape index (κ3) is 3.74. The van der Waals surface area contributed by atoms with Gasteiger partial charge in [-0.25, -0.2) is 0 Å². The van der Waals surface area contributed by atoms with Crippen molar-refractivity contribution in [3.8, 4) is 0 Å². The van der Waals surface area contributed by atoms with Gasteiger partial charge in [0.1, 0.15) is 0 Å². The third-order valence-electron chi connectivity index (χ3n) is 4.21. The Kier molecular flexibility index (Phi) is 5.44. The van der Waals surface area contributed by atoms with Crippen molar-refractivity contribution in [2.45, 2.75) is 39.3 Å². The van der Waals surface area contributed by atoms with Gasteiger partial charge in [0.15, 0.2) is 0 Å². The normalized spacial score (nSPS) is 19.1. The summed E-state index contributed by atoms with van der Waals surface area (Å²) in [4.78, 5) is 4.90. The Labute approximate surface area is 124 Å². The zero-order chi connectivity index (χ0) is 14.5. The molecule has 1 atom stereocenters. The molecule has 112 valence electrons. The highest BCUT2D eigenvalue weighted by atomic mass is 15.2. The number of aryl methyl sites for hydroxylation is 1. The average Bonchev–Trinajstić information content (AvgIpc) is 2.89. The minimum atomic E-state index is 0.688. The van der Waals surface area contributed by atoms with E-state index in [1.807, 2.05) is 0 Å². The second-order valence-electron chi connectivity index (χ2n) is 6.16. The minimum absolute atomic E-state index is 0.688. The van der Waals surface area contributed by atoms with E-state index < -0.39 is 0 Å². The monoisotopic (exact) mass is 275 g/mol. The minimum Gasteiger partial charge on any atom is -0.370 e. The van der Waals surface area contributed by atoms with E-state index >= 15 is 0 Å². The molecule has 20 heavy (non-hydrogen) atoms. The number of rotatable bonds is 6. The van der Waals surface area contributed by atoms with Crippen molar-refractivity contribution in [3.05, 3.63) is 29.3 Å². The molecule has 1 aromatic carbocycles. The van der Waals surface area contributed by atoms with E-state index in [1.54, 1.807) is 0 Å². The first-order valence-electron chi connectivity index (χ1n) is 7.83. The number of anilines is 1. The zero-order valence-corrected chi connectivity index (χ0v) is 13.4. The van der Waals surface area contributed by atoms with E-state index in [0.29, 0.717) is 6.04 Å². The van der Waals surface area contributed by atoms with Gasteiger partial charge in [-0.1, -0.05) is 24.6 Å². The zero-order valence-electron chi connectivity index (χ0n) is 13.4. The molecule has 0 radical (unpaired) electrons. The molecule has 0 aromatic heterocycles. The van der Waals surface area contributed by atoms with Gasteiger partial charge in [-0.05, 0) is 52.0 Å². The van der Waals surface area contributed by atoms with E-state index in [0.717, 1.165) is 19.6 Å². The predicted octanol–water partition coefficient (Wildman–Crippen LogP) is 2.63. The molecule has 0 bridgehead atoms. The molecule has 1 heterocycles. The molecule has 0 spiro atoms. The van der Waals surface area contributed by atoms with Gasteiger partial charge in [0.25, 0.3) is 0 Å². The van der Waals surface area contributed by atoms with Gasteiger partial charge >= 0.3 is 0 Å². The topological polar surface area (TPSA) is 18.5 Å². The van der Waals surface area contributed by atoms with Crippen molar-refractivity contribution in [2.75, 3.05) is 38.6 Å². The molecule has 1 fully saturated rings. The molecule has 1 aliphatic heterocycles. The summed E-state index contributed by atoms with van der Waals surface area (Å²) in [6.45, 7) is 8.79. The van der Waals surface area contributed by atoms with Gasteiger partial charge in [-0.2, -0.15) is 0 Å². The van der Waals surface area contributed by atoms with Crippen LogP contribution >= 0.6 is 0 Å². The Morgan fingerprint density at radius 2 is 2.15 bits per heavy atom. The fraction of sp³-hybridized carbons (Fsp3) is 0.647. The summed E-state index contributed by atoms with van der Waals surface area (Å²) in [5.74, 6) is 0. The van der Waals surface area contributed by atoms with Crippen LogP contribution in [0.2, 0.25) is 0 Å². The number of benzene rings is 1. The van der Waals surface area contributed by atoms with Crippen molar-refractivity contribution < 1.29 is 0 Å². The van der Waals surface area contributed by atoms with Crippen molar-refractivity contribution in [1.29, 1.82) is 0 Å². The molecule has 1 N–H and O–H groups in total. The quantitative estimate of drug-likeness (QED) is 0.805. The summed E-state index contributed by atoms with van der Waals surface area (Å²) in [6.07, 6.45) is 2.45. The van der Waals surface area contributed by atoms with E-state index in [2.05, 4.69) is 61.3 Å². The van der Waals surface area contributed by atoms with Crippen LogP contribution in [0.15, 0.2) is 18.2 Å². The second-order valence-corrected chi connectivity index (χ2v) is 6.16. The Morgan fingerprint density at radius 3 is 2.80 bits per heavy atom. The molecule has 0 aliphatic carbocycles. The van der Waals surface area contributed by atoms with Crippen LogP contribution in [0, 0.1) is 6.92 Å². The molecule has 1 saturated heterocycles. The summed E-state index contributed by atoms with van der Waals surface area (Å²) in [6, 6.07) is 7.56. The maximum atomic E-state index is 3.54. The molecule has 3 heteroatoms. The number of nitrogens with one attached hydrogen (secondary N) is 1. The van der Waals surface area contributed by atoms with Gasteiger partial charge in [0.2, 0.25) is 0 Å². The molecule has 1 aliphatic rings. The highest BCUT2D eigenvalue weighted by Gasteiger charge is 2.25. The lowest BCUT2D eigenvalue weighted by Crippen LogP contribution is -2.32. The molecule has 2 rings (SSSR count). The number of hydrogen-bond acceptors (Lipinski definition) is 3. The standard InChI is InChI=1S/C17H29N3/c1-5-9-18-12-15-11-14(2)6-7-17(15)20-10-8-16(13-20)19(3)4/h6-7,11,16,18H,5,8-10,12-13H2,1-4H3. The first kappa shape index (κ1) is 15.3. The van der Waals surface area contributed by atoms with Crippen LogP contribution in [0.3, 0.4) is 0 Å². The Hall–Kier alpha value is -1.06. The van der Waals surface area contributed by atoms with E-state index in [-0.39, 0.29) is 0 Å². The second kappa shape index (κ2) is 7.09. The summed E-state index contributed by atoms with van der Waals surface area (Å²) >= 11 is 0. The molecular weight excluding hydrogens is 246 g/mol. The first-order valence-corrected chi connectivity index (χ1v) is 7.83. The number of hydrogen-bond donors (Lipinski definition) is 1. The van der Waals surface area contributed by atoms with Crippen molar-refractivity contribution in [3.63, 3.8) is 0 Å². The van der Waals surface area contributed by atoms with Crippen molar-refractivity contribution >= 4 is 5.69 Å². The van der Waals surface area contributed by atoms with Crippen LogP contribution in [0.1, 0.15) is 30.9 Å². The van der Waals surface area contributed by atoms with Gasteiger partial charge in [0, 0.05) is 31.4 Å². The Bertz CT molecular complexity index is 428. The highest BCUT2D eigenvalue weighted by molar-refractivity contribution is 5.56. The third-order valence-corrected chi connectivity index (χ3v) is 4.21. The maximum absolute atomic E-state index is 3.54. The maximum Gasteiger partial charge on any atom is 0.0412 e. The lowest BCUT2D eigenvalue weighted by molar-refractivity contribution is 0.315. The van der Waals surface area contributed by atoms with Crippen LogP contribution in [-0.4, -0.2) is 44.7 Å². The summed E-state index contributed by atoms with van der Waals surface area (Å²) < 4.78 is 0. The average molecular weight is 275 g/mol. The predicted molar refractivity (Wildman–Crippen MR) is 87.5 cm³/mol. The smallest absolute Gasteiger partial charge is 0.0412 e. The van der Waals surface area contributed by atoms with Crippen LogP contribution in [0.25, 0.3) is 0 Å². The van der Waals surface area contributed by atoms with Gasteiger partial charge < -0.3 is 15.1 Å². The summed E-state index contributed by atoms with van der Waals surface area (Å²) in [5.41, 5.74) is 4.21. The van der Waals surface area contributed by atoms with Crippen LogP contribution in [-0.2, 0) is 6.54 Å². The van der Waals surface area contributed by atoms with Crippen LogP contribution in [0.4, 0.5) is 5.69 Å². The Balaban J connectivity index is 2.10. The SMILES string of the molecule is CCCNCc1cc(C)ccc1N1CCC(N(C)C)C1. The fourth-order valence-electron chi connectivity index (χ4n) is 2.95. The molecule has 3 nitrogen and oxygen atoms in total. The van der Waals surface area contributed by atoms with E-state index in [4.69, 9.17) is 0 Å². The lowest BCUT2D eigenvalue weighted by atomic mass is 10.1. The molecule has 0 amide bonds. The van der Waals surface area contributed by atoms with E-state index in [1.165, 1.54) is 36.2 Å². The summed E-state index contributed by atoms with van der Waals surface area (Å²) in [7, 11) is 4.38. The largest absolute Gasteiger partial charge is 0.370 e. The Morgan fingerprint density at radius 1 is 1.35 bits per heavy atom. The molecule has 1 unspecified atom stereocenters. The van der Waals surface area contributed by atoms with Gasteiger partial charge in [0.05, 0.1) is 0 Å². The van der Waals surface area contributed by atoms with Crippen LogP contribution in [0.5, 0.6) is 0 Å². The molecular formula is C17H29N3. The van der Waals surface area contributed by atoms with Crippen molar-refractivity contribution in [1.82, 2.24) is 10.2 Å². The highest BCUT2D eigenvalue weighted by Crippen LogP contribution is 2.27.